The third-order valence-corrected chi connectivity index (χ3v) is 5.76. The van der Waals surface area contributed by atoms with Crippen LogP contribution in [0.25, 0.3) is 0 Å². The molecule has 1 fully saturated rings. The van der Waals surface area contributed by atoms with Crippen LogP contribution in [0.2, 0.25) is 0 Å². The molecule has 0 aromatic heterocycles. The molecule has 2 aromatic carbocycles. The first kappa shape index (κ1) is 25.3. The third-order valence-electron chi connectivity index (χ3n) is 5.76. The average Bonchev–Trinajstić information content (AvgIpc) is 3.28. The molecule has 0 spiro atoms. The topological polar surface area (TPSA) is 149 Å². The zero-order chi connectivity index (χ0) is 25.4. The molecule has 1 aliphatic heterocycles. The molecule has 9 nitrogen and oxygen atoms in total. The van der Waals surface area contributed by atoms with Crippen LogP contribution < -0.4 is 16.4 Å². The first-order chi connectivity index (χ1) is 16.7. The van der Waals surface area contributed by atoms with E-state index in [9.17, 15) is 14.4 Å². The molecular weight excluding hydrogens is 446 g/mol. The van der Waals surface area contributed by atoms with Crippen LogP contribution in [0.15, 0.2) is 42.5 Å². The van der Waals surface area contributed by atoms with E-state index in [2.05, 4.69) is 22.5 Å². The number of likely N-dealkylation sites (tertiary alicyclic amines) is 1. The highest BCUT2D eigenvalue weighted by Gasteiger charge is 2.31. The highest BCUT2D eigenvalue weighted by atomic mass is 16.4. The van der Waals surface area contributed by atoms with Crippen LogP contribution in [0.4, 0.5) is 5.69 Å². The molecule has 182 valence electrons. The van der Waals surface area contributed by atoms with Crippen molar-refractivity contribution in [2.24, 2.45) is 5.73 Å². The quantitative estimate of drug-likeness (QED) is 0.224. The molecule has 6 N–H and O–H groups in total. The summed E-state index contributed by atoms with van der Waals surface area (Å²) in [4.78, 5) is 37.5. The van der Waals surface area contributed by atoms with E-state index in [1.807, 2.05) is 25.1 Å². The van der Waals surface area contributed by atoms with Gasteiger partial charge >= 0.3 is 5.97 Å². The Bertz CT molecular complexity index is 1180. The van der Waals surface area contributed by atoms with Gasteiger partial charge in [-0.3, -0.25) is 19.8 Å². The molecule has 0 aliphatic carbocycles. The molecular formula is C26H29N5O4. The predicted octanol–water partition coefficient (Wildman–Crippen LogP) is 1.94. The highest BCUT2D eigenvalue weighted by molar-refractivity contribution is 5.96. The van der Waals surface area contributed by atoms with Gasteiger partial charge in [0.1, 0.15) is 12.4 Å². The summed E-state index contributed by atoms with van der Waals surface area (Å²) < 4.78 is 0. The van der Waals surface area contributed by atoms with Crippen molar-refractivity contribution in [3.05, 3.63) is 64.7 Å². The number of aryl methyl sites for hydroxylation is 1. The van der Waals surface area contributed by atoms with E-state index >= 15 is 0 Å². The van der Waals surface area contributed by atoms with Crippen LogP contribution >= 0.6 is 0 Å². The lowest BCUT2D eigenvalue weighted by molar-refractivity contribution is -0.138. The average molecular weight is 476 g/mol. The number of benzene rings is 2. The zero-order valence-electron chi connectivity index (χ0n) is 19.6. The van der Waals surface area contributed by atoms with Crippen molar-refractivity contribution in [1.82, 2.24) is 10.2 Å². The molecule has 35 heavy (non-hydrogen) atoms. The van der Waals surface area contributed by atoms with Crippen molar-refractivity contribution in [2.75, 3.05) is 25.0 Å². The molecule has 1 unspecified atom stereocenters. The number of carbonyl (C=O) groups excluding carboxylic acids is 2. The Balaban J connectivity index is 1.58. The molecule has 1 atom stereocenters. The SMILES string of the molecule is Cc1cc(C#CCNc2ccc(C(=N)N)cc2)ccc1C(=O)N1CCCC1CC(=O)NCC(=O)O. The van der Waals surface area contributed by atoms with Gasteiger partial charge in [0.25, 0.3) is 5.91 Å². The Morgan fingerprint density at radius 3 is 2.60 bits per heavy atom. The summed E-state index contributed by atoms with van der Waals surface area (Å²) >= 11 is 0. The Morgan fingerprint density at radius 2 is 1.94 bits per heavy atom. The Labute approximate surface area is 204 Å². The lowest BCUT2D eigenvalue weighted by Crippen LogP contribution is -2.40. The van der Waals surface area contributed by atoms with Gasteiger partial charge in [0.2, 0.25) is 5.91 Å². The van der Waals surface area contributed by atoms with Crippen LogP contribution in [0.5, 0.6) is 0 Å². The van der Waals surface area contributed by atoms with E-state index in [0.29, 0.717) is 30.6 Å². The van der Waals surface area contributed by atoms with Crippen LogP contribution in [0, 0.1) is 24.2 Å². The molecule has 3 rings (SSSR count). The maximum Gasteiger partial charge on any atom is 0.322 e. The van der Waals surface area contributed by atoms with Crippen LogP contribution in [0.3, 0.4) is 0 Å². The molecule has 2 aromatic rings. The minimum absolute atomic E-state index is 0.0233. The summed E-state index contributed by atoms with van der Waals surface area (Å²) in [5.41, 5.74) is 9.15. The van der Waals surface area contributed by atoms with Crippen molar-refractivity contribution in [3.63, 3.8) is 0 Å². The van der Waals surface area contributed by atoms with E-state index in [1.54, 1.807) is 29.2 Å². The molecule has 0 bridgehead atoms. The van der Waals surface area contributed by atoms with Gasteiger partial charge < -0.3 is 26.4 Å². The number of hydrogen-bond donors (Lipinski definition) is 5. The summed E-state index contributed by atoms with van der Waals surface area (Å²) in [7, 11) is 0. The van der Waals surface area contributed by atoms with Crippen LogP contribution in [-0.2, 0) is 9.59 Å². The van der Waals surface area contributed by atoms with Crippen LogP contribution in [0.1, 0.15) is 46.3 Å². The fourth-order valence-corrected chi connectivity index (χ4v) is 3.97. The number of nitrogens with two attached hydrogens (primary N) is 1. The van der Waals surface area contributed by atoms with E-state index in [-0.39, 0.29) is 30.1 Å². The fraction of sp³-hybridized carbons (Fsp3) is 0.308. The summed E-state index contributed by atoms with van der Waals surface area (Å²) in [6, 6.07) is 12.4. The number of carboxylic acids is 1. The van der Waals surface area contributed by atoms with Crippen molar-refractivity contribution in [1.29, 1.82) is 5.41 Å². The van der Waals surface area contributed by atoms with Crippen molar-refractivity contribution in [3.8, 4) is 11.8 Å². The zero-order valence-corrected chi connectivity index (χ0v) is 19.6. The number of carbonyl (C=O) groups is 3. The van der Waals surface area contributed by atoms with Gasteiger partial charge in [0, 0.05) is 41.4 Å². The molecule has 0 radical (unpaired) electrons. The normalized spacial score (nSPS) is 14.5. The highest BCUT2D eigenvalue weighted by Crippen LogP contribution is 2.24. The summed E-state index contributed by atoms with van der Waals surface area (Å²) in [5, 5.41) is 21.7. The summed E-state index contributed by atoms with van der Waals surface area (Å²) in [5.74, 6) is 4.56. The van der Waals surface area contributed by atoms with Gasteiger partial charge in [-0.15, -0.1) is 0 Å². The maximum absolute atomic E-state index is 13.2. The first-order valence-electron chi connectivity index (χ1n) is 11.3. The Kier molecular flexibility index (Phi) is 8.46. The number of amidine groups is 1. The maximum atomic E-state index is 13.2. The summed E-state index contributed by atoms with van der Waals surface area (Å²) in [6.07, 6.45) is 1.60. The minimum Gasteiger partial charge on any atom is -0.480 e. The molecule has 9 heteroatoms. The number of hydrogen-bond acceptors (Lipinski definition) is 5. The summed E-state index contributed by atoms with van der Waals surface area (Å²) in [6.45, 7) is 2.43. The first-order valence-corrected chi connectivity index (χ1v) is 11.3. The third kappa shape index (κ3) is 7.08. The van der Waals surface area contributed by atoms with Gasteiger partial charge in [0.05, 0.1) is 6.54 Å². The van der Waals surface area contributed by atoms with Gasteiger partial charge in [-0.1, -0.05) is 11.8 Å². The lowest BCUT2D eigenvalue weighted by atomic mass is 10.0. The number of anilines is 1. The predicted molar refractivity (Wildman–Crippen MR) is 133 cm³/mol. The number of rotatable bonds is 8. The lowest BCUT2D eigenvalue weighted by Gasteiger charge is -2.25. The molecule has 1 heterocycles. The molecule has 1 aliphatic rings. The van der Waals surface area contributed by atoms with Crippen molar-refractivity contribution >= 4 is 29.3 Å². The van der Waals surface area contributed by atoms with E-state index in [4.69, 9.17) is 16.2 Å². The standard InChI is InChI=1S/C26H29N5O4/c1-17-14-18(4-2-12-29-20-9-7-19(8-10-20)25(27)28)6-11-22(17)26(35)31-13-3-5-21(31)15-23(32)30-16-24(33)34/h6-11,14,21,29H,3,5,12-13,15-16H2,1H3,(H3,27,28)(H,30,32)(H,33,34). The van der Waals surface area contributed by atoms with Gasteiger partial charge in [-0.25, -0.2) is 0 Å². The minimum atomic E-state index is -1.10. The number of aliphatic carboxylic acids is 1. The number of nitrogen functional groups attached to an aromatic ring is 1. The van der Waals surface area contributed by atoms with Crippen molar-refractivity contribution < 1.29 is 19.5 Å². The van der Waals surface area contributed by atoms with Gasteiger partial charge in [0.15, 0.2) is 0 Å². The van der Waals surface area contributed by atoms with Crippen LogP contribution in [-0.4, -0.2) is 59.3 Å². The Morgan fingerprint density at radius 1 is 1.20 bits per heavy atom. The number of amides is 2. The number of nitrogens with one attached hydrogen (secondary N) is 3. The second-order valence-corrected chi connectivity index (χ2v) is 8.35. The molecule has 1 saturated heterocycles. The Hall–Kier alpha value is -4.32. The largest absolute Gasteiger partial charge is 0.480 e. The number of carboxylic acid groups (broad SMARTS) is 1. The number of nitrogens with zero attached hydrogens (tertiary/aromatic N) is 1. The van der Waals surface area contributed by atoms with Crippen molar-refractivity contribution in [2.45, 2.75) is 32.2 Å². The van der Waals surface area contributed by atoms with E-state index in [1.165, 1.54) is 0 Å². The molecule has 2 amide bonds. The van der Waals surface area contributed by atoms with E-state index < -0.39 is 12.5 Å². The van der Waals surface area contributed by atoms with E-state index in [0.717, 1.165) is 23.2 Å². The molecule has 0 saturated carbocycles. The van der Waals surface area contributed by atoms with Gasteiger partial charge in [-0.2, -0.15) is 0 Å². The monoisotopic (exact) mass is 475 g/mol. The second-order valence-electron chi connectivity index (χ2n) is 8.35. The smallest absolute Gasteiger partial charge is 0.322 e. The second kappa shape index (κ2) is 11.7. The fourth-order valence-electron chi connectivity index (χ4n) is 3.97. The van der Waals surface area contributed by atoms with Gasteiger partial charge in [-0.05, 0) is 67.8 Å².